The minimum atomic E-state index is -2.86. The second-order valence-electron chi connectivity index (χ2n) is 7.42. The zero-order valence-corrected chi connectivity index (χ0v) is 16.6. The van der Waals surface area contributed by atoms with Crippen molar-refractivity contribution in [3.63, 3.8) is 0 Å². The highest BCUT2D eigenvalue weighted by atomic mass is 19.3. The number of para-hydroxylation sites is 2. The van der Waals surface area contributed by atoms with Gasteiger partial charge in [-0.05, 0) is 49.6 Å². The van der Waals surface area contributed by atoms with Crippen LogP contribution in [0.2, 0.25) is 0 Å². The second kappa shape index (κ2) is 8.69. The number of rotatable bonds is 5. The third-order valence-electron chi connectivity index (χ3n) is 5.31. The molecule has 2 heterocycles. The first-order valence-corrected chi connectivity index (χ1v) is 9.95. The summed E-state index contributed by atoms with van der Waals surface area (Å²) in [4.78, 5) is 19.1. The number of piperidine rings is 1. The Balaban J connectivity index is 1.38. The molecule has 0 bridgehead atoms. The first-order valence-electron chi connectivity index (χ1n) is 9.95. The summed E-state index contributed by atoms with van der Waals surface area (Å²) in [5, 5.41) is 2.97. The summed E-state index contributed by atoms with van der Waals surface area (Å²) in [6.45, 7) is 0.188. The molecule has 2 unspecified atom stereocenters. The fraction of sp³-hybridized carbons (Fsp3) is 0.364. The minimum absolute atomic E-state index is 0.0537. The van der Waals surface area contributed by atoms with Gasteiger partial charge in [0.1, 0.15) is 11.3 Å². The maximum absolute atomic E-state index is 12.8. The van der Waals surface area contributed by atoms with Crippen LogP contribution < -0.4 is 10.1 Å². The summed E-state index contributed by atoms with van der Waals surface area (Å²) >= 11 is 0. The number of carbonyl (C=O) groups excluding carboxylic acids is 1. The Morgan fingerprint density at radius 2 is 2.00 bits per heavy atom. The van der Waals surface area contributed by atoms with Crippen LogP contribution in [-0.2, 0) is 0 Å². The molecule has 30 heavy (non-hydrogen) atoms. The van der Waals surface area contributed by atoms with Crippen molar-refractivity contribution >= 4 is 17.1 Å². The fourth-order valence-electron chi connectivity index (χ4n) is 3.73. The first kappa shape index (κ1) is 20.1. The van der Waals surface area contributed by atoms with Gasteiger partial charge in [-0.2, -0.15) is 8.78 Å². The van der Waals surface area contributed by atoms with E-state index in [-0.39, 0.29) is 23.7 Å². The number of alkyl halides is 2. The van der Waals surface area contributed by atoms with Crippen molar-refractivity contribution < 1.29 is 22.7 Å². The zero-order valence-electron chi connectivity index (χ0n) is 16.6. The Morgan fingerprint density at radius 1 is 1.23 bits per heavy atom. The standard InChI is InChI=1S/C22H23F2N3O3/c1-14(15-8-10-17(11-9-15)29-21(23)24)25-22(28)27-12-4-5-16(13-27)20-26-18-6-2-3-7-19(18)30-20/h2-3,6-11,14,16,21H,4-5,12-13H2,1H3,(H,25,28). The molecule has 2 atom stereocenters. The van der Waals surface area contributed by atoms with E-state index in [1.807, 2.05) is 31.2 Å². The third kappa shape index (κ3) is 4.53. The normalized spacial score (nSPS) is 17.9. The van der Waals surface area contributed by atoms with Crippen molar-refractivity contribution in [1.82, 2.24) is 15.2 Å². The highest BCUT2D eigenvalue weighted by Gasteiger charge is 2.28. The summed E-state index contributed by atoms with van der Waals surface area (Å²) in [5.74, 6) is 0.804. The fourth-order valence-corrected chi connectivity index (χ4v) is 3.73. The lowest BCUT2D eigenvalue weighted by Gasteiger charge is -2.32. The molecule has 1 N–H and O–H groups in total. The summed E-state index contributed by atoms with van der Waals surface area (Å²) in [6, 6.07) is 13.4. The number of likely N-dealkylation sites (tertiary alicyclic amines) is 1. The van der Waals surface area contributed by atoms with Crippen molar-refractivity contribution in [2.24, 2.45) is 0 Å². The van der Waals surface area contributed by atoms with Gasteiger partial charge in [0.2, 0.25) is 0 Å². The maximum Gasteiger partial charge on any atom is 0.387 e. The smallest absolute Gasteiger partial charge is 0.387 e. The van der Waals surface area contributed by atoms with E-state index in [1.165, 1.54) is 12.1 Å². The van der Waals surface area contributed by atoms with Crippen LogP contribution in [0.4, 0.5) is 13.6 Å². The van der Waals surface area contributed by atoms with Crippen molar-refractivity contribution in [2.75, 3.05) is 13.1 Å². The largest absolute Gasteiger partial charge is 0.440 e. The number of aromatic nitrogens is 1. The number of benzene rings is 2. The molecule has 0 spiro atoms. The van der Waals surface area contributed by atoms with Crippen molar-refractivity contribution in [1.29, 1.82) is 0 Å². The predicted octanol–water partition coefficient (Wildman–Crippen LogP) is 5.08. The summed E-state index contributed by atoms with van der Waals surface area (Å²) in [7, 11) is 0. The van der Waals surface area contributed by atoms with E-state index < -0.39 is 6.61 Å². The molecule has 4 rings (SSSR count). The van der Waals surface area contributed by atoms with Gasteiger partial charge in [0.05, 0.1) is 12.0 Å². The lowest BCUT2D eigenvalue weighted by Crippen LogP contribution is -2.45. The van der Waals surface area contributed by atoms with Gasteiger partial charge in [-0.15, -0.1) is 0 Å². The number of urea groups is 1. The number of ether oxygens (including phenoxy) is 1. The van der Waals surface area contributed by atoms with E-state index in [4.69, 9.17) is 4.42 Å². The topological polar surface area (TPSA) is 67.6 Å². The van der Waals surface area contributed by atoms with Crippen LogP contribution in [-0.4, -0.2) is 35.6 Å². The van der Waals surface area contributed by atoms with E-state index in [0.717, 1.165) is 29.5 Å². The molecule has 8 heteroatoms. The van der Waals surface area contributed by atoms with Crippen LogP contribution in [0.1, 0.15) is 43.2 Å². The van der Waals surface area contributed by atoms with Crippen LogP contribution >= 0.6 is 0 Å². The van der Waals surface area contributed by atoms with Gasteiger partial charge in [-0.25, -0.2) is 9.78 Å². The van der Waals surface area contributed by atoms with Gasteiger partial charge in [-0.3, -0.25) is 0 Å². The average molecular weight is 415 g/mol. The van der Waals surface area contributed by atoms with E-state index >= 15 is 0 Å². The number of nitrogens with zero attached hydrogens (tertiary/aromatic N) is 2. The van der Waals surface area contributed by atoms with Crippen molar-refractivity contribution in [3.8, 4) is 5.75 Å². The van der Waals surface area contributed by atoms with Gasteiger partial charge < -0.3 is 19.4 Å². The molecular formula is C22H23F2N3O3. The molecule has 0 radical (unpaired) electrons. The second-order valence-corrected chi connectivity index (χ2v) is 7.42. The summed E-state index contributed by atoms with van der Waals surface area (Å²) in [6.07, 6.45) is 1.78. The Kier molecular flexibility index (Phi) is 5.83. The highest BCUT2D eigenvalue weighted by molar-refractivity contribution is 5.75. The highest BCUT2D eigenvalue weighted by Crippen LogP contribution is 2.29. The minimum Gasteiger partial charge on any atom is -0.440 e. The van der Waals surface area contributed by atoms with Crippen molar-refractivity contribution in [2.45, 2.75) is 38.3 Å². The molecule has 0 saturated carbocycles. The number of nitrogens with one attached hydrogen (secondary N) is 1. The van der Waals surface area contributed by atoms with Gasteiger partial charge in [0, 0.05) is 13.1 Å². The van der Waals surface area contributed by atoms with E-state index in [0.29, 0.717) is 19.0 Å². The molecule has 6 nitrogen and oxygen atoms in total. The number of hydrogen-bond donors (Lipinski definition) is 1. The van der Waals surface area contributed by atoms with Crippen LogP contribution in [0.5, 0.6) is 5.75 Å². The Labute approximate surface area is 172 Å². The van der Waals surface area contributed by atoms with E-state index in [1.54, 1.807) is 17.0 Å². The van der Waals surface area contributed by atoms with Gasteiger partial charge in [0.15, 0.2) is 11.5 Å². The molecule has 1 saturated heterocycles. The number of fused-ring (bicyclic) bond motifs is 1. The molecule has 3 aromatic rings. The maximum atomic E-state index is 12.8. The third-order valence-corrected chi connectivity index (χ3v) is 5.31. The summed E-state index contributed by atoms with van der Waals surface area (Å²) in [5.41, 5.74) is 2.38. The molecule has 1 aliphatic rings. The average Bonchev–Trinajstić information content (AvgIpc) is 3.18. The zero-order chi connectivity index (χ0) is 21.1. The number of halogens is 2. The van der Waals surface area contributed by atoms with Gasteiger partial charge in [0.25, 0.3) is 0 Å². The Bertz CT molecular complexity index is 973. The van der Waals surface area contributed by atoms with Crippen LogP contribution in [0, 0.1) is 0 Å². The monoisotopic (exact) mass is 415 g/mol. The van der Waals surface area contributed by atoms with Crippen molar-refractivity contribution in [3.05, 3.63) is 60.0 Å². The molecule has 1 aliphatic heterocycles. The SMILES string of the molecule is CC(NC(=O)N1CCCC(c2nc3ccccc3o2)C1)c1ccc(OC(F)F)cc1. The molecule has 0 aliphatic carbocycles. The Morgan fingerprint density at radius 3 is 2.73 bits per heavy atom. The molecule has 1 fully saturated rings. The Hall–Kier alpha value is -3.16. The van der Waals surface area contributed by atoms with Crippen LogP contribution in [0.15, 0.2) is 52.9 Å². The van der Waals surface area contributed by atoms with Gasteiger partial charge in [-0.1, -0.05) is 24.3 Å². The first-order chi connectivity index (χ1) is 14.5. The van der Waals surface area contributed by atoms with E-state index in [9.17, 15) is 13.6 Å². The van der Waals surface area contributed by atoms with Crippen LogP contribution in [0.3, 0.4) is 0 Å². The molecule has 2 amide bonds. The molecular weight excluding hydrogens is 392 g/mol. The van der Waals surface area contributed by atoms with Gasteiger partial charge >= 0.3 is 12.6 Å². The quantitative estimate of drug-likeness (QED) is 0.631. The molecule has 1 aromatic heterocycles. The predicted molar refractivity (Wildman–Crippen MR) is 108 cm³/mol. The number of carbonyl (C=O) groups is 1. The lowest BCUT2D eigenvalue weighted by molar-refractivity contribution is -0.0498. The number of hydrogen-bond acceptors (Lipinski definition) is 4. The lowest BCUT2D eigenvalue weighted by atomic mass is 9.98. The number of amides is 2. The number of oxazole rings is 1. The molecule has 2 aromatic carbocycles. The summed E-state index contributed by atoms with van der Waals surface area (Å²) < 4.78 is 34.8. The van der Waals surface area contributed by atoms with Crippen LogP contribution in [0.25, 0.3) is 11.1 Å². The molecule has 158 valence electrons. The van der Waals surface area contributed by atoms with E-state index in [2.05, 4.69) is 15.0 Å².